The fraction of sp³-hybridized carbons (Fsp3) is 0.312. The van der Waals surface area contributed by atoms with Gasteiger partial charge in [-0.3, -0.25) is 4.72 Å². The quantitative estimate of drug-likeness (QED) is 0.755. The van der Waals surface area contributed by atoms with Crippen LogP contribution in [0.4, 0.5) is 11.5 Å². The average molecular weight is 354 g/mol. The van der Waals surface area contributed by atoms with Crippen LogP contribution in [0.3, 0.4) is 0 Å². The standard InChI is InChI=1S/C16H20ClN3O2S/c1-2-3-10-23(21,22)20-14-8-9-16(19-12-14)18-11-13-6-4-5-7-15(13)17/h4-9,12,20H,2-3,10-11H2,1H3,(H,18,19). The lowest BCUT2D eigenvalue weighted by molar-refractivity contribution is 0.598. The van der Waals surface area contributed by atoms with E-state index in [1.807, 2.05) is 31.2 Å². The molecule has 1 heterocycles. The molecule has 0 saturated heterocycles. The summed E-state index contributed by atoms with van der Waals surface area (Å²) >= 11 is 6.09. The van der Waals surface area contributed by atoms with E-state index < -0.39 is 10.0 Å². The molecule has 124 valence electrons. The molecular weight excluding hydrogens is 334 g/mol. The second-order valence-electron chi connectivity index (χ2n) is 5.15. The second kappa shape index (κ2) is 8.17. The maximum absolute atomic E-state index is 11.8. The van der Waals surface area contributed by atoms with Crippen LogP contribution in [0.25, 0.3) is 0 Å². The molecule has 0 amide bonds. The molecule has 0 spiro atoms. The summed E-state index contributed by atoms with van der Waals surface area (Å²) in [5.41, 5.74) is 1.43. The van der Waals surface area contributed by atoms with Crippen LogP contribution in [-0.4, -0.2) is 19.2 Å². The van der Waals surface area contributed by atoms with E-state index in [2.05, 4.69) is 15.0 Å². The van der Waals surface area contributed by atoms with E-state index in [9.17, 15) is 8.42 Å². The Morgan fingerprint density at radius 2 is 1.96 bits per heavy atom. The maximum Gasteiger partial charge on any atom is 0.232 e. The lowest BCUT2D eigenvalue weighted by atomic mass is 10.2. The van der Waals surface area contributed by atoms with Gasteiger partial charge < -0.3 is 5.32 Å². The molecule has 0 aliphatic carbocycles. The molecule has 1 aromatic carbocycles. The predicted molar refractivity (Wildman–Crippen MR) is 95.3 cm³/mol. The third-order valence-corrected chi connectivity index (χ3v) is 4.96. The number of anilines is 2. The maximum atomic E-state index is 11.8. The van der Waals surface area contributed by atoms with Crippen LogP contribution < -0.4 is 10.0 Å². The fourth-order valence-corrected chi connectivity index (χ4v) is 3.40. The molecule has 0 fully saturated rings. The predicted octanol–water partition coefficient (Wildman–Crippen LogP) is 3.89. The minimum atomic E-state index is -3.30. The van der Waals surface area contributed by atoms with Crippen LogP contribution >= 0.6 is 11.6 Å². The Kier molecular flexibility index (Phi) is 6.24. The van der Waals surface area contributed by atoms with Crippen molar-refractivity contribution in [3.8, 4) is 0 Å². The number of unbranched alkanes of at least 4 members (excludes halogenated alkanes) is 1. The van der Waals surface area contributed by atoms with E-state index in [1.54, 1.807) is 12.1 Å². The van der Waals surface area contributed by atoms with Crippen molar-refractivity contribution in [2.24, 2.45) is 0 Å². The number of pyridine rings is 1. The molecule has 0 saturated carbocycles. The first-order chi connectivity index (χ1) is 11.0. The van der Waals surface area contributed by atoms with Crippen molar-refractivity contribution in [3.05, 3.63) is 53.2 Å². The minimum absolute atomic E-state index is 0.121. The van der Waals surface area contributed by atoms with Crippen molar-refractivity contribution < 1.29 is 8.42 Å². The van der Waals surface area contributed by atoms with Gasteiger partial charge in [-0.25, -0.2) is 13.4 Å². The van der Waals surface area contributed by atoms with Gasteiger partial charge in [0, 0.05) is 11.6 Å². The van der Waals surface area contributed by atoms with E-state index in [0.717, 1.165) is 12.0 Å². The van der Waals surface area contributed by atoms with Crippen LogP contribution in [-0.2, 0) is 16.6 Å². The molecule has 0 bridgehead atoms. The van der Waals surface area contributed by atoms with E-state index in [1.165, 1.54) is 6.20 Å². The molecule has 2 N–H and O–H groups in total. The first-order valence-electron chi connectivity index (χ1n) is 7.44. The second-order valence-corrected chi connectivity index (χ2v) is 7.40. The molecule has 7 heteroatoms. The van der Waals surface area contributed by atoms with Gasteiger partial charge in [0.05, 0.1) is 17.6 Å². The summed E-state index contributed by atoms with van der Waals surface area (Å²) in [5, 5.41) is 3.85. The number of sulfonamides is 1. The van der Waals surface area contributed by atoms with Crippen molar-refractivity contribution in [2.45, 2.75) is 26.3 Å². The Morgan fingerprint density at radius 1 is 1.17 bits per heavy atom. The van der Waals surface area contributed by atoms with Crippen LogP contribution in [0.1, 0.15) is 25.3 Å². The SMILES string of the molecule is CCCCS(=O)(=O)Nc1ccc(NCc2ccccc2Cl)nc1. The van der Waals surface area contributed by atoms with Gasteiger partial charge in [-0.05, 0) is 30.2 Å². The molecule has 2 rings (SSSR count). The van der Waals surface area contributed by atoms with Gasteiger partial charge in [0.1, 0.15) is 5.82 Å². The van der Waals surface area contributed by atoms with Crippen molar-refractivity contribution in [3.63, 3.8) is 0 Å². The molecule has 0 atom stereocenters. The van der Waals surface area contributed by atoms with Gasteiger partial charge in [0.15, 0.2) is 0 Å². The smallest absolute Gasteiger partial charge is 0.232 e. The summed E-state index contributed by atoms with van der Waals surface area (Å²) in [5.74, 6) is 0.775. The zero-order valence-electron chi connectivity index (χ0n) is 12.9. The topological polar surface area (TPSA) is 71.1 Å². The molecule has 0 aliphatic rings. The van der Waals surface area contributed by atoms with Crippen molar-refractivity contribution in [2.75, 3.05) is 15.8 Å². The van der Waals surface area contributed by atoms with E-state index >= 15 is 0 Å². The van der Waals surface area contributed by atoms with Crippen LogP contribution in [0.15, 0.2) is 42.6 Å². The molecule has 0 aliphatic heterocycles. The monoisotopic (exact) mass is 353 g/mol. The Balaban J connectivity index is 1.93. The molecule has 1 aromatic heterocycles. The van der Waals surface area contributed by atoms with Crippen LogP contribution in [0.2, 0.25) is 5.02 Å². The average Bonchev–Trinajstić information content (AvgIpc) is 2.53. The number of nitrogens with zero attached hydrogens (tertiary/aromatic N) is 1. The summed E-state index contributed by atoms with van der Waals surface area (Å²) in [6.07, 6.45) is 2.97. The molecule has 5 nitrogen and oxygen atoms in total. The largest absolute Gasteiger partial charge is 0.366 e. The van der Waals surface area contributed by atoms with Crippen LogP contribution in [0.5, 0.6) is 0 Å². The number of halogens is 1. The Morgan fingerprint density at radius 3 is 2.61 bits per heavy atom. The highest BCUT2D eigenvalue weighted by atomic mass is 35.5. The number of aromatic nitrogens is 1. The van der Waals surface area contributed by atoms with Crippen LogP contribution in [0, 0.1) is 0 Å². The summed E-state index contributed by atoms with van der Waals surface area (Å²) in [4.78, 5) is 4.21. The summed E-state index contributed by atoms with van der Waals surface area (Å²) in [6.45, 7) is 2.50. The third-order valence-electron chi connectivity index (χ3n) is 3.22. The Hall–Kier alpha value is -1.79. The lowest BCUT2D eigenvalue weighted by Crippen LogP contribution is -2.16. The normalized spacial score (nSPS) is 11.2. The number of hydrogen-bond acceptors (Lipinski definition) is 4. The number of hydrogen-bond donors (Lipinski definition) is 2. The summed E-state index contributed by atoms with van der Waals surface area (Å²) in [7, 11) is -3.30. The Bertz CT molecular complexity index is 733. The van der Waals surface area contributed by atoms with Crippen molar-refractivity contribution in [1.29, 1.82) is 0 Å². The fourth-order valence-electron chi connectivity index (χ4n) is 1.95. The summed E-state index contributed by atoms with van der Waals surface area (Å²) in [6, 6.07) is 11.0. The number of nitrogens with one attached hydrogen (secondary N) is 2. The van der Waals surface area contributed by atoms with Gasteiger partial charge in [-0.1, -0.05) is 43.1 Å². The van der Waals surface area contributed by atoms with Crippen molar-refractivity contribution >= 4 is 33.1 Å². The molecule has 0 unspecified atom stereocenters. The van der Waals surface area contributed by atoms with Gasteiger partial charge in [-0.2, -0.15) is 0 Å². The lowest BCUT2D eigenvalue weighted by Gasteiger charge is -2.09. The zero-order chi connectivity index (χ0) is 16.7. The first kappa shape index (κ1) is 17.6. The minimum Gasteiger partial charge on any atom is -0.366 e. The molecular formula is C16H20ClN3O2S. The third kappa shape index (κ3) is 5.73. The Labute approximate surface area is 142 Å². The number of benzene rings is 1. The van der Waals surface area contributed by atoms with E-state index in [4.69, 9.17) is 11.6 Å². The van der Waals surface area contributed by atoms with Gasteiger partial charge >= 0.3 is 0 Å². The number of rotatable bonds is 8. The highest BCUT2D eigenvalue weighted by molar-refractivity contribution is 7.92. The molecule has 23 heavy (non-hydrogen) atoms. The van der Waals surface area contributed by atoms with Crippen molar-refractivity contribution in [1.82, 2.24) is 4.98 Å². The van der Waals surface area contributed by atoms with Gasteiger partial charge in [-0.15, -0.1) is 0 Å². The van der Waals surface area contributed by atoms with E-state index in [0.29, 0.717) is 29.5 Å². The molecule has 0 radical (unpaired) electrons. The zero-order valence-corrected chi connectivity index (χ0v) is 14.5. The first-order valence-corrected chi connectivity index (χ1v) is 9.47. The van der Waals surface area contributed by atoms with E-state index in [-0.39, 0.29) is 5.75 Å². The van der Waals surface area contributed by atoms with Gasteiger partial charge in [0.25, 0.3) is 0 Å². The summed E-state index contributed by atoms with van der Waals surface area (Å²) < 4.78 is 26.2. The van der Waals surface area contributed by atoms with Gasteiger partial charge in [0.2, 0.25) is 10.0 Å². The highest BCUT2D eigenvalue weighted by Gasteiger charge is 2.09. The molecule has 2 aromatic rings. The highest BCUT2D eigenvalue weighted by Crippen LogP contribution is 2.17.